The molecular weight excluding hydrogens is 346 g/mol. The SMILES string of the molecule is CCCCCCCCCCCCc1ccc(C(O)(CCO)CC(N)=O)s1. The highest BCUT2D eigenvalue weighted by Gasteiger charge is 2.32. The van der Waals surface area contributed by atoms with Crippen molar-refractivity contribution in [1.29, 1.82) is 0 Å². The van der Waals surface area contributed by atoms with E-state index in [0.717, 1.165) is 17.7 Å². The molecule has 0 saturated carbocycles. The summed E-state index contributed by atoms with van der Waals surface area (Å²) in [6.45, 7) is 2.08. The third-order valence-electron chi connectivity index (χ3n) is 4.89. The average Bonchev–Trinajstić information content (AvgIpc) is 3.06. The molecule has 1 aromatic heterocycles. The largest absolute Gasteiger partial charge is 0.396 e. The summed E-state index contributed by atoms with van der Waals surface area (Å²) >= 11 is 1.53. The molecule has 4 nitrogen and oxygen atoms in total. The number of aliphatic hydroxyl groups excluding tert-OH is 1. The van der Waals surface area contributed by atoms with Gasteiger partial charge in [0.2, 0.25) is 5.91 Å². The van der Waals surface area contributed by atoms with Crippen molar-refractivity contribution in [2.24, 2.45) is 5.73 Å². The van der Waals surface area contributed by atoms with Gasteiger partial charge >= 0.3 is 0 Å². The van der Waals surface area contributed by atoms with Crippen molar-refractivity contribution in [3.05, 3.63) is 21.9 Å². The van der Waals surface area contributed by atoms with Gasteiger partial charge in [0.25, 0.3) is 0 Å². The lowest BCUT2D eigenvalue weighted by atomic mass is 9.93. The Hall–Kier alpha value is -0.910. The molecule has 0 aliphatic heterocycles. The van der Waals surface area contributed by atoms with Crippen molar-refractivity contribution in [2.45, 2.75) is 96.0 Å². The summed E-state index contributed by atoms with van der Waals surface area (Å²) in [5.74, 6) is -0.550. The number of carbonyl (C=O) groups is 1. The first kappa shape index (κ1) is 23.1. The highest BCUT2D eigenvalue weighted by atomic mass is 32.1. The number of hydrogen-bond acceptors (Lipinski definition) is 4. The predicted molar refractivity (Wildman–Crippen MR) is 109 cm³/mol. The molecule has 1 amide bonds. The lowest BCUT2D eigenvalue weighted by Gasteiger charge is -2.24. The van der Waals surface area contributed by atoms with Crippen LogP contribution in [0, 0.1) is 0 Å². The zero-order valence-corrected chi connectivity index (χ0v) is 17.2. The second kappa shape index (κ2) is 13.3. The molecule has 0 aromatic carbocycles. The van der Waals surface area contributed by atoms with Gasteiger partial charge in [-0.25, -0.2) is 0 Å². The molecule has 1 heterocycles. The zero-order chi connectivity index (χ0) is 19.3. The van der Waals surface area contributed by atoms with Crippen LogP contribution in [0.1, 0.15) is 93.7 Å². The molecule has 1 unspecified atom stereocenters. The molecular formula is C21H37NO3S. The Morgan fingerprint density at radius 1 is 1.04 bits per heavy atom. The van der Waals surface area contributed by atoms with Crippen molar-refractivity contribution >= 4 is 17.2 Å². The first-order valence-electron chi connectivity index (χ1n) is 10.2. The number of carbonyl (C=O) groups excluding carboxylic acids is 1. The number of unbranched alkanes of at least 4 members (excludes halogenated alkanes) is 9. The first-order chi connectivity index (χ1) is 12.5. The van der Waals surface area contributed by atoms with Crippen LogP contribution in [0.3, 0.4) is 0 Å². The molecule has 0 bridgehead atoms. The number of hydrogen-bond donors (Lipinski definition) is 3. The second-order valence-corrected chi connectivity index (χ2v) is 8.51. The Morgan fingerprint density at radius 2 is 1.62 bits per heavy atom. The molecule has 1 aromatic rings. The van der Waals surface area contributed by atoms with Crippen LogP contribution in [0.2, 0.25) is 0 Å². The number of rotatable bonds is 16. The van der Waals surface area contributed by atoms with E-state index in [1.54, 1.807) is 0 Å². The average molecular weight is 384 g/mol. The van der Waals surface area contributed by atoms with Gasteiger partial charge < -0.3 is 15.9 Å². The normalized spacial score (nSPS) is 13.7. The fraction of sp³-hybridized carbons (Fsp3) is 0.762. The Labute approximate surface area is 162 Å². The van der Waals surface area contributed by atoms with Gasteiger partial charge in [0, 0.05) is 22.8 Å². The Morgan fingerprint density at radius 3 is 2.15 bits per heavy atom. The standard InChI is InChI=1S/C21H37NO3S/c1-2-3-4-5-6-7-8-9-10-11-12-18-13-14-19(26-18)21(25,15-16-23)17-20(22)24/h13-14,23,25H,2-12,15-17H2,1H3,(H2,22,24). The van der Waals surface area contributed by atoms with E-state index in [4.69, 9.17) is 5.73 Å². The van der Waals surface area contributed by atoms with Crippen LogP contribution in [0.5, 0.6) is 0 Å². The predicted octanol–water partition coefficient (Wildman–Crippen LogP) is 4.66. The number of thiophene rings is 1. The number of nitrogens with two attached hydrogens (primary N) is 1. The van der Waals surface area contributed by atoms with Gasteiger partial charge in [0.1, 0.15) is 5.60 Å². The van der Waals surface area contributed by atoms with Crippen LogP contribution in [0.4, 0.5) is 0 Å². The minimum Gasteiger partial charge on any atom is -0.396 e. The van der Waals surface area contributed by atoms with E-state index < -0.39 is 11.5 Å². The van der Waals surface area contributed by atoms with Crippen molar-refractivity contribution in [1.82, 2.24) is 0 Å². The summed E-state index contributed by atoms with van der Waals surface area (Å²) in [6, 6.07) is 3.89. The lowest BCUT2D eigenvalue weighted by molar-refractivity contribution is -0.123. The van der Waals surface area contributed by atoms with Crippen molar-refractivity contribution < 1.29 is 15.0 Å². The number of aliphatic hydroxyl groups is 2. The summed E-state index contributed by atoms with van der Waals surface area (Å²) in [6.07, 6.45) is 14.2. The lowest BCUT2D eigenvalue weighted by Crippen LogP contribution is -2.32. The maximum absolute atomic E-state index is 11.2. The van der Waals surface area contributed by atoms with E-state index in [9.17, 15) is 15.0 Å². The van der Waals surface area contributed by atoms with Crippen LogP contribution < -0.4 is 5.73 Å². The molecule has 5 heteroatoms. The van der Waals surface area contributed by atoms with E-state index in [-0.39, 0.29) is 19.4 Å². The Kier molecular flexibility index (Phi) is 11.8. The minimum atomic E-state index is -1.33. The molecule has 0 fully saturated rings. The van der Waals surface area contributed by atoms with Gasteiger partial charge in [0.15, 0.2) is 0 Å². The fourth-order valence-corrected chi connectivity index (χ4v) is 4.49. The van der Waals surface area contributed by atoms with E-state index in [1.807, 2.05) is 12.1 Å². The fourth-order valence-electron chi connectivity index (χ4n) is 3.32. The van der Waals surface area contributed by atoms with Gasteiger partial charge in [-0.2, -0.15) is 0 Å². The van der Waals surface area contributed by atoms with Gasteiger partial charge in [0.05, 0.1) is 6.42 Å². The van der Waals surface area contributed by atoms with Crippen LogP contribution >= 0.6 is 11.3 Å². The summed E-state index contributed by atoms with van der Waals surface area (Å²) in [5.41, 5.74) is 3.92. The Bertz CT molecular complexity index is 503. The third kappa shape index (κ3) is 9.15. The summed E-state index contributed by atoms with van der Waals surface area (Å²) in [7, 11) is 0. The monoisotopic (exact) mass is 383 g/mol. The molecule has 0 saturated heterocycles. The van der Waals surface area contributed by atoms with Crippen LogP contribution in [0.15, 0.2) is 12.1 Å². The van der Waals surface area contributed by atoms with Crippen molar-refractivity contribution in [2.75, 3.05) is 6.61 Å². The molecule has 0 aliphatic rings. The quantitative estimate of drug-likeness (QED) is 0.363. The van der Waals surface area contributed by atoms with Gasteiger partial charge in [-0.05, 0) is 25.0 Å². The highest BCUT2D eigenvalue weighted by molar-refractivity contribution is 7.12. The number of primary amides is 1. The molecule has 0 aliphatic carbocycles. The molecule has 1 atom stereocenters. The number of amides is 1. The zero-order valence-electron chi connectivity index (χ0n) is 16.3. The second-order valence-electron chi connectivity index (χ2n) is 7.35. The summed E-state index contributed by atoms with van der Waals surface area (Å²) in [5, 5.41) is 19.8. The molecule has 26 heavy (non-hydrogen) atoms. The molecule has 150 valence electrons. The third-order valence-corrected chi connectivity index (χ3v) is 6.23. The van der Waals surface area contributed by atoms with Crippen LogP contribution in [-0.2, 0) is 16.8 Å². The Balaban J connectivity index is 2.25. The smallest absolute Gasteiger partial charge is 0.220 e. The first-order valence-corrected chi connectivity index (χ1v) is 11.0. The van der Waals surface area contributed by atoms with Gasteiger partial charge in [-0.3, -0.25) is 4.79 Å². The molecule has 0 spiro atoms. The molecule has 0 radical (unpaired) electrons. The van der Waals surface area contributed by atoms with Gasteiger partial charge in [-0.15, -0.1) is 11.3 Å². The summed E-state index contributed by atoms with van der Waals surface area (Å²) in [4.78, 5) is 13.2. The summed E-state index contributed by atoms with van der Waals surface area (Å²) < 4.78 is 0. The van der Waals surface area contributed by atoms with Gasteiger partial charge in [-0.1, -0.05) is 64.7 Å². The number of aryl methyl sites for hydroxylation is 1. The van der Waals surface area contributed by atoms with Crippen molar-refractivity contribution in [3.8, 4) is 0 Å². The van der Waals surface area contributed by atoms with Crippen LogP contribution in [0.25, 0.3) is 0 Å². The topological polar surface area (TPSA) is 83.6 Å². The highest BCUT2D eigenvalue weighted by Crippen LogP contribution is 2.34. The minimum absolute atomic E-state index is 0.133. The van der Waals surface area contributed by atoms with Crippen LogP contribution in [-0.4, -0.2) is 22.7 Å². The van der Waals surface area contributed by atoms with Crippen molar-refractivity contribution in [3.63, 3.8) is 0 Å². The van der Waals surface area contributed by atoms with E-state index >= 15 is 0 Å². The maximum atomic E-state index is 11.2. The maximum Gasteiger partial charge on any atom is 0.220 e. The molecule has 4 N–H and O–H groups in total. The van der Waals surface area contributed by atoms with E-state index in [2.05, 4.69) is 6.92 Å². The van der Waals surface area contributed by atoms with E-state index in [0.29, 0.717) is 0 Å². The van der Waals surface area contributed by atoms with E-state index in [1.165, 1.54) is 74.0 Å². The molecule has 1 rings (SSSR count).